The fourth-order valence-corrected chi connectivity index (χ4v) is 3.60. The molecule has 0 fully saturated rings. The molecule has 0 aliphatic rings. The molecule has 0 aliphatic carbocycles. The van der Waals surface area contributed by atoms with Gasteiger partial charge in [-0.2, -0.15) is 0 Å². The summed E-state index contributed by atoms with van der Waals surface area (Å²) in [5.74, 6) is -0.250. The standard InChI is InChI=1S/C10H10INO2/c1-8(13)14-11(2)10-5-3-4-9(6-10)7-12/h3-6H,1-2H3. The summed E-state index contributed by atoms with van der Waals surface area (Å²) < 4.78 is 6.13. The summed E-state index contributed by atoms with van der Waals surface area (Å²) in [5.41, 5.74) is 0.610. The van der Waals surface area contributed by atoms with Gasteiger partial charge in [0.1, 0.15) is 0 Å². The van der Waals surface area contributed by atoms with Crippen LogP contribution in [-0.2, 0) is 7.86 Å². The van der Waals surface area contributed by atoms with Gasteiger partial charge in [0.2, 0.25) is 0 Å². The third-order valence-electron chi connectivity index (χ3n) is 1.49. The van der Waals surface area contributed by atoms with Crippen LogP contribution in [0.15, 0.2) is 24.3 Å². The van der Waals surface area contributed by atoms with E-state index in [0.717, 1.165) is 3.57 Å². The van der Waals surface area contributed by atoms with E-state index in [2.05, 4.69) is 6.07 Å². The number of hydrogen-bond acceptors (Lipinski definition) is 3. The normalized spacial score (nSPS) is 10.2. The Bertz CT molecular complexity index is 384. The number of nitrogens with zero attached hydrogens (tertiary/aromatic N) is 1. The molecule has 0 aliphatic heterocycles. The third-order valence-corrected chi connectivity index (χ3v) is 5.19. The van der Waals surface area contributed by atoms with Gasteiger partial charge in [0.05, 0.1) is 0 Å². The van der Waals surface area contributed by atoms with Crippen molar-refractivity contribution in [1.82, 2.24) is 0 Å². The summed E-state index contributed by atoms with van der Waals surface area (Å²) >= 11 is -1.83. The van der Waals surface area contributed by atoms with E-state index in [1.807, 2.05) is 17.1 Å². The summed E-state index contributed by atoms with van der Waals surface area (Å²) in [6, 6.07) is 9.29. The van der Waals surface area contributed by atoms with Crippen LogP contribution in [0.5, 0.6) is 0 Å². The average Bonchev–Trinajstić information content (AvgIpc) is 2.17. The molecule has 0 N–H and O–H groups in total. The first-order valence-electron chi connectivity index (χ1n) is 3.92. The van der Waals surface area contributed by atoms with Gasteiger partial charge in [-0.25, -0.2) is 0 Å². The van der Waals surface area contributed by atoms with Crippen molar-refractivity contribution in [3.05, 3.63) is 33.4 Å². The van der Waals surface area contributed by atoms with Crippen molar-refractivity contribution >= 4 is 26.2 Å². The van der Waals surface area contributed by atoms with Gasteiger partial charge in [-0.15, -0.1) is 0 Å². The molecule has 0 aromatic heterocycles. The third kappa shape index (κ3) is 3.00. The van der Waals surface area contributed by atoms with Crippen LogP contribution >= 0.6 is 20.2 Å². The Balaban J connectivity index is 2.85. The Morgan fingerprint density at radius 1 is 1.57 bits per heavy atom. The molecule has 0 bridgehead atoms. The zero-order valence-corrected chi connectivity index (χ0v) is 10.1. The van der Waals surface area contributed by atoms with E-state index in [-0.39, 0.29) is 5.97 Å². The molecule has 4 heteroatoms. The zero-order chi connectivity index (χ0) is 10.6. The summed E-state index contributed by atoms with van der Waals surface area (Å²) in [4.78, 5) is 12.7. The molecule has 3 nitrogen and oxygen atoms in total. The van der Waals surface area contributed by atoms with E-state index in [4.69, 9.17) is 8.33 Å². The van der Waals surface area contributed by atoms with Gasteiger partial charge >= 0.3 is 90.6 Å². The molecule has 0 heterocycles. The molecule has 0 amide bonds. The van der Waals surface area contributed by atoms with Crippen LogP contribution < -0.4 is 0 Å². The maximum absolute atomic E-state index is 10.7. The molecule has 0 saturated heterocycles. The minimum atomic E-state index is -1.83. The topological polar surface area (TPSA) is 50.1 Å². The van der Waals surface area contributed by atoms with Crippen LogP contribution in [0.3, 0.4) is 0 Å². The molecule has 0 radical (unpaired) electrons. The molecule has 1 rings (SSSR count). The maximum atomic E-state index is 10.7. The van der Waals surface area contributed by atoms with E-state index in [1.165, 1.54) is 6.92 Å². The van der Waals surface area contributed by atoms with Crippen LogP contribution in [0.1, 0.15) is 12.5 Å². The van der Waals surface area contributed by atoms with Crippen molar-refractivity contribution in [1.29, 1.82) is 5.26 Å². The van der Waals surface area contributed by atoms with Crippen LogP contribution in [0.4, 0.5) is 0 Å². The Hall–Kier alpha value is -1.09. The van der Waals surface area contributed by atoms with Crippen LogP contribution in [-0.4, -0.2) is 10.9 Å². The van der Waals surface area contributed by atoms with E-state index >= 15 is 0 Å². The van der Waals surface area contributed by atoms with Gasteiger partial charge in [-0.3, -0.25) is 0 Å². The molecule has 14 heavy (non-hydrogen) atoms. The van der Waals surface area contributed by atoms with Crippen LogP contribution in [0, 0.1) is 14.9 Å². The van der Waals surface area contributed by atoms with Gasteiger partial charge in [-0.05, 0) is 0 Å². The number of hydrogen-bond donors (Lipinski definition) is 0. The van der Waals surface area contributed by atoms with Gasteiger partial charge < -0.3 is 0 Å². The molecule has 0 saturated carbocycles. The van der Waals surface area contributed by atoms with Crippen LogP contribution in [0.2, 0.25) is 0 Å². The van der Waals surface area contributed by atoms with Crippen molar-refractivity contribution in [2.45, 2.75) is 6.92 Å². The Kier molecular flexibility index (Phi) is 3.89. The van der Waals surface area contributed by atoms with E-state index in [1.54, 1.807) is 12.1 Å². The summed E-state index contributed by atoms with van der Waals surface area (Å²) in [6.45, 7) is 1.40. The van der Waals surface area contributed by atoms with Crippen molar-refractivity contribution in [2.24, 2.45) is 0 Å². The quantitative estimate of drug-likeness (QED) is 0.622. The Morgan fingerprint density at radius 2 is 2.29 bits per heavy atom. The molecule has 0 spiro atoms. The second-order valence-corrected chi connectivity index (χ2v) is 6.70. The van der Waals surface area contributed by atoms with E-state index in [0.29, 0.717) is 5.56 Å². The Labute approximate surface area is 90.6 Å². The fraction of sp³-hybridized carbons (Fsp3) is 0.200. The predicted octanol–water partition coefficient (Wildman–Crippen LogP) is 2.34. The number of nitriles is 1. The molecule has 1 aromatic rings. The molecular formula is C10H10INO2. The summed E-state index contributed by atoms with van der Waals surface area (Å²) in [6.07, 6.45) is 0. The molecule has 0 atom stereocenters. The monoisotopic (exact) mass is 303 g/mol. The van der Waals surface area contributed by atoms with Crippen LogP contribution in [0.25, 0.3) is 0 Å². The molecule has 74 valence electrons. The Morgan fingerprint density at radius 3 is 2.86 bits per heavy atom. The number of rotatable bonds is 2. The van der Waals surface area contributed by atoms with Gasteiger partial charge in [0.25, 0.3) is 0 Å². The number of carbonyl (C=O) groups is 1. The number of carbonyl (C=O) groups excluding carboxylic acids is 1. The van der Waals surface area contributed by atoms with Crippen molar-refractivity contribution in [3.63, 3.8) is 0 Å². The molecular weight excluding hydrogens is 293 g/mol. The first-order chi connectivity index (χ1) is 6.63. The number of alkyl halides is 1. The summed E-state index contributed by atoms with van der Waals surface area (Å²) in [7, 11) is 0. The van der Waals surface area contributed by atoms with E-state index in [9.17, 15) is 4.79 Å². The zero-order valence-electron chi connectivity index (χ0n) is 7.95. The van der Waals surface area contributed by atoms with Crippen molar-refractivity contribution in [2.75, 3.05) is 4.93 Å². The van der Waals surface area contributed by atoms with Gasteiger partial charge in [0, 0.05) is 0 Å². The second kappa shape index (κ2) is 4.96. The fourth-order valence-electron chi connectivity index (χ4n) is 0.931. The SMILES string of the molecule is CC(=O)OI(C)c1cccc(C#N)c1. The predicted molar refractivity (Wildman–Crippen MR) is 61.6 cm³/mol. The van der Waals surface area contributed by atoms with Crippen molar-refractivity contribution in [3.8, 4) is 6.07 Å². The number of halogens is 1. The van der Waals surface area contributed by atoms with Crippen molar-refractivity contribution < 1.29 is 7.86 Å². The molecule has 1 aromatic carbocycles. The molecule has 0 unspecified atom stereocenters. The average molecular weight is 303 g/mol. The van der Waals surface area contributed by atoms with Gasteiger partial charge in [0.15, 0.2) is 0 Å². The first kappa shape index (κ1) is 11.0. The second-order valence-electron chi connectivity index (χ2n) is 2.61. The number of benzene rings is 1. The van der Waals surface area contributed by atoms with E-state index < -0.39 is 20.2 Å². The van der Waals surface area contributed by atoms with Gasteiger partial charge in [-0.1, -0.05) is 0 Å². The minimum absolute atomic E-state index is 0.250. The summed E-state index contributed by atoms with van der Waals surface area (Å²) in [5, 5.41) is 8.69. The first-order valence-corrected chi connectivity index (χ1v) is 8.04.